The molecule has 9 heteroatoms. The molecule has 7 nitrogen and oxygen atoms in total. The van der Waals surface area contributed by atoms with Crippen LogP contribution in [-0.4, -0.2) is 41.7 Å². The molecule has 1 aromatic carbocycles. The van der Waals surface area contributed by atoms with Crippen LogP contribution in [0.25, 0.3) is 0 Å². The highest BCUT2D eigenvalue weighted by Crippen LogP contribution is 2.30. The van der Waals surface area contributed by atoms with E-state index in [-0.39, 0.29) is 11.8 Å². The number of carbonyl (C=O) groups excluding carboxylic acids is 1. The van der Waals surface area contributed by atoms with Crippen LogP contribution >= 0.6 is 15.9 Å². The van der Waals surface area contributed by atoms with Gasteiger partial charge in [0.15, 0.2) is 16.2 Å². The normalized spacial score (nSPS) is 18.0. The number of rotatable bonds is 5. The van der Waals surface area contributed by atoms with Crippen LogP contribution in [0.4, 0.5) is 0 Å². The second-order valence-corrected chi connectivity index (χ2v) is 8.66. The van der Waals surface area contributed by atoms with E-state index in [9.17, 15) is 13.2 Å². The maximum atomic E-state index is 12.5. The van der Waals surface area contributed by atoms with Gasteiger partial charge in [0.1, 0.15) is 11.8 Å². The Morgan fingerprint density at radius 3 is 2.75 bits per heavy atom. The molecular formula is C15H16BrN3O4S. The molecule has 1 aliphatic heterocycles. The molecule has 0 unspecified atom stereocenters. The Balaban J connectivity index is 1.67. The minimum absolute atomic E-state index is 0.162. The molecule has 24 heavy (non-hydrogen) atoms. The standard InChI is InChI=1S/C15H16BrN3O4S/c16-12-5-3-11(4-6-12)8-24(21,22)9-14(20)19-7-1-2-13(19)15-17-10-18-23-15/h3-6,10,13H,1-2,7-9H2/t13-/m0/s1. The molecule has 3 rings (SSSR count). The van der Waals surface area contributed by atoms with Gasteiger partial charge >= 0.3 is 0 Å². The monoisotopic (exact) mass is 413 g/mol. The Labute approximate surface area is 148 Å². The molecule has 1 aliphatic rings. The van der Waals surface area contributed by atoms with Crippen molar-refractivity contribution < 1.29 is 17.7 Å². The maximum absolute atomic E-state index is 12.5. The van der Waals surface area contributed by atoms with Crippen LogP contribution in [0, 0.1) is 0 Å². The van der Waals surface area contributed by atoms with Crippen molar-refractivity contribution in [2.75, 3.05) is 12.3 Å². The third-order valence-corrected chi connectivity index (χ3v) is 5.87. The summed E-state index contributed by atoms with van der Waals surface area (Å²) in [6, 6.07) is 6.67. The van der Waals surface area contributed by atoms with E-state index < -0.39 is 21.5 Å². The highest BCUT2D eigenvalue weighted by Gasteiger charge is 2.35. The van der Waals surface area contributed by atoms with Gasteiger partial charge < -0.3 is 9.42 Å². The quantitative estimate of drug-likeness (QED) is 0.744. The fraction of sp³-hybridized carbons (Fsp3) is 0.400. The zero-order valence-electron chi connectivity index (χ0n) is 12.8. The van der Waals surface area contributed by atoms with E-state index in [0.29, 0.717) is 24.4 Å². The molecule has 0 saturated carbocycles. The zero-order chi connectivity index (χ0) is 17.2. The topological polar surface area (TPSA) is 93.4 Å². The molecule has 0 N–H and O–H groups in total. The Kier molecular flexibility index (Phi) is 5.00. The van der Waals surface area contributed by atoms with Crippen LogP contribution in [0.3, 0.4) is 0 Å². The fourth-order valence-electron chi connectivity index (χ4n) is 2.81. The molecule has 2 aromatic rings. The minimum atomic E-state index is -3.55. The van der Waals surface area contributed by atoms with Gasteiger partial charge in [-0.2, -0.15) is 4.98 Å². The first-order valence-corrected chi connectivity index (χ1v) is 10.1. The van der Waals surface area contributed by atoms with E-state index in [1.165, 1.54) is 11.2 Å². The van der Waals surface area contributed by atoms with Crippen molar-refractivity contribution in [3.63, 3.8) is 0 Å². The van der Waals surface area contributed by atoms with Gasteiger partial charge in [0.25, 0.3) is 0 Å². The molecule has 2 heterocycles. The smallest absolute Gasteiger partial charge is 0.249 e. The van der Waals surface area contributed by atoms with E-state index in [1.807, 2.05) is 0 Å². The Hall–Kier alpha value is -1.74. The summed E-state index contributed by atoms with van der Waals surface area (Å²) in [4.78, 5) is 18.0. The predicted octanol–water partition coefficient (Wildman–Crippen LogP) is 2.11. The van der Waals surface area contributed by atoms with Crippen LogP contribution in [0.5, 0.6) is 0 Å². The summed E-state index contributed by atoms with van der Waals surface area (Å²) >= 11 is 3.31. The van der Waals surface area contributed by atoms with Crippen LogP contribution in [0.15, 0.2) is 39.6 Å². The van der Waals surface area contributed by atoms with Gasteiger partial charge in [-0.3, -0.25) is 4.79 Å². The third-order valence-electron chi connectivity index (χ3n) is 3.88. The summed E-state index contributed by atoms with van der Waals surface area (Å²) in [5, 5.41) is 3.55. The van der Waals surface area contributed by atoms with Gasteiger partial charge in [0.2, 0.25) is 11.8 Å². The lowest BCUT2D eigenvalue weighted by atomic mass is 10.2. The van der Waals surface area contributed by atoms with E-state index >= 15 is 0 Å². The van der Waals surface area contributed by atoms with Crippen molar-refractivity contribution in [2.24, 2.45) is 0 Å². The maximum Gasteiger partial charge on any atom is 0.249 e. The van der Waals surface area contributed by atoms with Crippen molar-refractivity contribution in [3.05, 3.63) is 46.5 Å². The summed E-state index contributed by atoms with van der Waals surface area (Å²) in [6.07, 6.45) is 2.76. The average Bonchev–Trinajstić information content (AvgIpc) is 3.19. The number of nitrogens with zero attached hydrogens (tertiary/aromatic N) is 3. The Morgan fingerprint density at radius 1 is 1.33 bits per heavy atom. The van der Waals surface area contributed by atoms with Crippen LogP contribution < -0.4 is 0 Å². The van der Waals surface area contributed by atoms with Crippen molar-refractivity contribution in [2.45, 2.75) is 24.6 Å². The van der Waals surface area contributed by atoms with E-state index in [4.69, 9.17) is 4.52 Å². The first kappa shape index (κ1) is 17.1. The minimum Gasteiger partial charge on any atom is -0.337 e. The van der Waals surface area contributed by atoms with Crippen molar-refractivity contribution >= 4 is 31.7 Å². The van der Waals surface area contributed by atoms with E-state index in [2.05, 4.69) is 26.1 Å². The average molecular weight is 414 g/mol. The number of halogens is 1. The number of hydrogen-bond acceptors (Lipinski definition) is 6. The highest BCUT2D eigenvalue weighted by atomic mass is 79.9. The molecule has 0 bridgehead atoms. The van der Waals surface area contributed by atoms with Crippen LogP contribution in [-0.2, 0) is 20.4 Å². The number of aromatic nitrogens is 2. The largest absolute Gasteiger partial charge is 0.337 e. The molecule has 1 aromatic heterocycles. The van der Waals surface area contributed by atoms with E-state index in [1.54, 1.807) is 24.3 Å². The second kappa shape index (κ2) is 7.02. The summed E-state index contributed by atoms with van der Waals surface area (Å²) in [6.45, 7) is 0.500. The van der Waals surface area contributed by atoms with Gasteiger partial charge in [-0.15, -0.1) is 0 Å². The summed E-state index contributed by atoms with van der Waals surface area (Å²) in [5.41, 5.74) is 0.654. The Bertz CT molecular complexity index is 806. The number of hydrogen-bond donors (Lipinski definition) is 0. The molecule has 0 aliphatic carbocycles. The van der Waals surface area contributed by atoms with Gasteiger partial charge in [-0.25, -0.2) is 8.42 Å². The van der Waals surface area contributed by atoms with Gasteiger partial charge in [-0.1, -0.05) is 33.2 Å². The van der Waals surface area contributed by atoms with Gasteiger partial charge in [0.05, 0.1) is 5.75 Å². The molecule has 0 radical (unpaired) electrons. The van der Waals surface area contributed by atoms with Crippen LogP contribution in [0.2, 0.25) is 0 Å². The molecule has 128 valence electrons. The predicted molar refractivity (Wildman–Crippen MR) is 89.6 cm³/mol. The molecule has 0 spiro atoms. The molecule has 1 saturated heterocycles. The fourth-order valence-corrected chi connectivity index (χ4v) is 4.42. The first-order chi connectivity index (χ1) is 11.4. The molecular weight excluding hydrogens is 398 g/mol. The Morgan fingerprint density at radius 2 is 2.08 bits per heavy atom. The van der Waals surface area contributed by atoms with Gasteiger partial charge in [-0.05, 0) is 30.5 Å². The molecule has 1 amide bonds. The first-order valence-electron chi connectivity index (χ1n) is 7.45. The highest BCUT2D eigenvalue weighted by molar-refractivity contribution is 9.10. The lowest BCUT2D eigenvalue weighted by Gasteiger charge is -2.21. The zero-order valence-corrected chi connectivity index (χ0v) is 15.2. The number of sulfone groups is 1. The van der Waals surface area contributed by atoms with Crippen molar-refractivity contribution in [1.29, 1.82) is 0 Å². The summed E-state index contributed by atoms with van der Waals surface area (Å²) in [7, 11) is -3.55. The van der Waals surface area contributed by atoms with Crippen LogP contribution in [0.1, 0.15) is 30.3 Å². The number of benzene rings is 1. The lowest BCUT2D eigenvalue weighted by molar-refractivity contribution is -0.129. The number of amides is 1. The van der Waals surface area contributed by atoms with E-state index in [0.717, 1.165) is 10.9 Å². The third kappa shape index (κ3) is 4.02. The van der Waals surface area contributed by atoms with Crippen molar-refractivity contribution in [1.82, 2.24) is 15.0 Å². The number of carbonyl (C=O) groups is 1. The SMILES string of the molecule is O=C(CS(=O)(=O)Cc1ccc(Br)cc1)N1CCC[C@H]1c1ncno1. The second-order valence-electron chi connectivity index (χ2n) is 5.68. The van der Waals surface area contributed by atoms with Crippen molar-refractivity contribution in [3.8, 4) is 0 Å². The lowest BCUT2D eigenvalue weighted by Crippen LogP contribution is -2.35. The van der Waals surface area contributed by atoms with Gasteiger partial charge in [0, 0.05) is 11.0 Å². The molecule has 1 atom stereocenters. The molecule has 1 fully saturated rings. The summed E-state index contributed by atoms with van der Waals surface area (Å²) < 4.78 is 30.6. The number of likely N-dealkylation sites (tertiary alicyclic amines) is 1. The summed E-state index contributed by atoms with van der Waals surface area (Å²) in [5.74, 6) is -0.752.